The van der Waals surface area contributed by atoms with Crippen molar-refractivity contribution >= 4 is 41.2 Å². The Kier molecular flexibility index (Phi) is 6.45. The lowest BCUT2D eigenvalue weighted by Crippen LogP contribution is -2.41. The summed E-state index contributed by atoms with van der Waals surface area (Å²) in [5, 5.41) is 7.50. The zero-order chi connectivity index (χ0) is 19.4. The number of aromatic nitrogens is 1. The second-order valence-electron chi connectivity index (χ2n) is 6.08. The van der Waals surface area contributed by atoms with E-state index in [1.807, 2.05) is 24.5 Å². The standard InChI is InChI=1S/C18H20Cl2N4O2/c1-10(2)22-17(25)18(26)23-21-9-13-7-11(3)24(12(13)4)16-8-14(19)5-6-15(16)20/h5-10H,1-4H3,(H,22,25)(H,23,26)/b21-9-. The monoisotopic (exact) mass is 394 g/mol. The number of aryl methyl sites for hydroxylation is 1. The molecule has 0 aliphatic carbocycles. The summed E-state index contributed by atoms with van der Waals surface area (Å²) in [7, 11) is 0. The van der Waals surface area contributed by atoms with Gasteiger partial charge in [0.05, 0.1) is 16.9 Å². The maximum Gasteiger partial charge on any atom is 0.329 e. The van der Waals surface area contributed by atoms with Crippen LogP contribution in [-0.2, 0) is 9.59 Å². The number of halogens is 2. The van der Waals surface area contributed by atoms with Crippen LogP contribution in [0.4, 0.5) is 0 Å². The average Bonchev–Trinajstić information content (AvgIpc) is 2.83. The topological polar surface area (TPSA) is 75.5 Å². The molecule has 1 aromatic carbocycles. The van der Waals surface area contributed by atoms with Crippen molar-refractivity contribution < 1.29 is 9.59 Å². The van der Waals surface area contributed by atoms with E-state index in [0.29, 0.717) is 10.0 Å². The average molecular weight is 395 g/mol. The number of amides is 2. The first-order chi connectivity index (χ1) is 12.2. The van der Waals surface area contributed by atoms with Gasteiger partial charge < -0.3 is 9.88 Å². The highest BCUT2D eigenvalue weighted by Crippen LogP contribution is 2.28. The summed E-state index contributed by atoms with van der Waals surface area (Å²) < 4.78 is 1.95. The minimum Gasteiger partial charge on any atom is -0.346 e. The van der Waals surface area contributed by atoms with Crippen molar-refractivity contribution in [3.63, 3.8) is 0 Å². The summed E-state index contributed by atoms with van der Waals surface area (Å²) in [5.74, 6) is -1.55. The van der Waals surface area contributed by atoms with Gasteiger partial charge in [0.25, 0.3) is 0 Å². The summed E-state index contributed by atoms with van der Waals surface area (Å²) in [5.41, 5.74) is 5.55. The Morgan fingerprint density at radius 1 is 1.15 bits per heavy atom. The number of nitrogens with one attached hydrogen (secondary N) is 2. The molecule has 0 atom stereocenters. The molecule has 0 aliphatic heterocycles. The molecular weight excluding hydrogens is 375 g/mol. The predicted molar refractivity (Wildman–Crippen MR) is 104 cm³/mol. The fourth-order valence-corrected chi connectivity index (χ4v) is 2.85. The van der Waals surface area contributed by atoms with Crippen molar-refractivity contribution in [2.24, 2.45) is 5.10 Å². The van der Waals surface area contributed by atoms with E-state index in [1.54, 1.807) is 32.0 Å². The van der Waals surface area contributed by atoms with E-state index in [2.05, 4.69) is 15.8 Å². The first-order valence-electron chi connectivity index (χ1n) is 7.99. The number of carbonyl (C=O) groups excluding carboxylic acids is 2. The summed E-state index contributed by atoms with van der Waals surface area (Å²) in [4.78, 5) is 23.2. The van der Waals surface area contributed by atoms with E-state index in [1.165, 1.54) is 6.21 Å². The van der Waals surface area contributed by atoms with Crippen LogP contribution in [0.25, 0.3) is 5.69 Å². The van der Waals surface area contributed by atoms with E-state index in [0.717, 1.165) is 22.6 Å². The van der Waals surface area contributed by atoms with Crippen LogP contribution in [0.5, 0.6) is 0 Å². The third-order valence-corrected chi connectivity index (χ3v) is 4.17. The Balaban J connectivity index is 2.21. The van der Waals surface area contributed by atoms with Crippen LogP contribution < -0.4 is 10.7 Å². The van der Waals surface area contributed by atoms with Crippen LogP contribution in [0.1, 0.15) is 30.8 Å². The van der Waals surface area contributed by atoms with Gasteiger partial charge in [0.15, 0.2) is 0 Å². The highest BCUT2D eigenvalue weighted by Gasteiger charge is 2.14. The maximum atomic E-state index is 11.7. The molecule has 0 radical (unpaired) electrons. The Morgan fingerprint density at radius 2 is 1.85 bits per heavy atom. The Labute approximate surface area is 162 Å². The summed E-state index contributed by atoms with van der Waals surface area (Å²) in [6.07, 6.45) is 1.48. The van der Waals surface area contributed by atoms with Gasteiger partial charge in [-0.1, -0.05) is 23.2 Å². The van der Waals surface area contributed by atoms with Crippen molar-refractivity contribution in [1.29, 1.82) is 0 Å². The van der Waals surface area contributed by atoms with Crippen molar-refractivity contribution in [1.82, 2.24) is 15.3 Å². The van der Waals surface area contributed by atoms with E-state index < -0.39 is 11.8 Å². The number of nitrogens with zero attached hydrogens (tertiary/aromatic N) is 2. The molecule has 0 saturated heterocycles. The zero-order valence-corrected chi connectivity index (χ0v) is 16.4. The van der Waals surface area contributed by atoms with Gasteiger partial charge in [0, 0.05) is 28.0 Å². The number of rotatable bonds is 4. The van der Waals surface area contributed by atoms with E-state index in [-0.39, 0.29) is 6.04 Å². The molecule has 0 bridgehead atoms. The van der Waals surface area contributed by atoms with Crippen molar-refractivity contribution in [2.45, 2.75) is 33.7 Å². The quantitative estimate of drug-likeness (QED) is 0.473. The van der Waals surface area contributed by atoms with E-state index >= 15 is 0 Å². The van der Waals surface area contributed by atoms with Gasteiger partial charge in [0.1, 0.15) is 0 Å². The Hall–Kier alpha value is -2.31. The molecule has 2 amide bonds. The molecule has 8 heteroatoms. The number of hydrogen-bond donors (Lipinski definition) is 2. The van der Waals surface area contributed by atoms with E-state index in [9.17, 15) is 9.59 Å². The first-order valence-corrected chi connectivity index (χ1v) is 8.74. The molecule has 2 aromatic rings. The largest absolute Gasteiger partial charge is 0.346 e. The van der Waals surface area contributed by atoms with Gasteiger partial charge in [0.2, 0.25) is 0 Å². The van der Waals surface area contributed by atoms with Crippen LogP contribution in [0.3, 0.4) is 0 Å². The molecule has 2 rings (SSSR count). The Morgan fingerprint density at radius 3 is 2.50 bits per heavy atom. The van der Waals surface area contributed by atoms with Crippen molar-refractivity contribution in [3.8, 4) is 5.69 Å². The fraction of sp³-hybridized carbons (Fsp3) is 0.278. The van der Waals surface area contributed by atoms with Crippen LogP contribution in [0.15, 0.2) is 29.4 Å². The number of hydrazone groups is 1. The predicted octanol–water partition coefficient (Wildman–Crippen LogP) is 3.38. The molecule has 1 aromatic heterocycles. The van der Waals surface area contributed by atoms with Crippen molar-refractivity contribution in [2.75, 3.05) is 0 Å². The summed E-state index contributed by atoms with van der Waals surface area (Å²) in [6, 6.07) is 7.01. The smallest absolute Gasteiger partial charge is 0.329 e. The summed E-state index contributed by atoms with van der Waals surface area (Å²) in [6.45, 7) is 7.36. The van der Waals surface area contributed by atoms with Gasteiger partial charge >= 0.3 is 11.8 Å². The van der Waals surface area contributed by atoms with Gasteiger partial charge in [-0.2, -0.15) is 5.10 Å². The van der Waals surface area contributed by atoms with Crippen molar-refractivity contribution in [3.05, 3.63) is 51.3 Å². The summed E-state index contributed by atoms with van der Waals surface area (Å²) >= 11 is 12.4. The lowest BCUT2D eigenvalue weighted by Gasteiger charge is -2.12. The highest BCUT2D eigenvalue weighted by molar-refractivity contribution is 6.35. The molecule has 0 unspecified atom stereocenters. The molecule has 0 saturated carbocycles. The minimum absolute atomic E-state index is 0.126. The van der Waals surface area contributed by atoms with Gasteiger partial charge in [-0.25, -0.2) is 5.43 Å². The van der Waals surface area contributed by atoms with Gasteiger partial charge in [-0.15, -0.1) is 0 Å². The SMILES string of the molecule is Cc1cc(/C=N\NC(=O)C(=O)NC(C)C)c(C)n1-c1cc(Cl)ccc1Cl. The van der Waals surface area contributed by atoms with Crippen LogP contribution >= 0.6 is 23.2 Å². The molecule has 138 valence electrons. The third kappa shape index (κ3) is 4.65. The minimum atomic E-state index is -0.818. The fourth-order valence-electron chi connectivity index (χ4n) is 2.49. The number of benzene rings is 1. The van der Waals surface area contributed by atoms with E-state index in [4.69, 9.17) is 23.2 Å². The van der Waals surface area contributed by atoms with Crippen LogP contribution in [-0.4, -0.2) is 28.6 Å². The molecule has 0 fully saturated rings. The molecule has 6 nitrogen and oxygen atoms in total. The number of carbonyl (C=O) groups is 2. The van der Waals surface area contributed by atoms with Crippen LogP contribution in [0, 0.1) is 13.8 Å². The zero-order valence-electron chi connectivity index (χ0n) is 14.9. The molecule has 0 aliphatic rings. The third-order valence-electron chi connectivity index (χ3n) is 3.62. The maximum absolute atomic E-state index is 11.7. The molecular formula is C18H20Cl2N4O2. The normalized spacial score (nSPS) is 11.2. The van der Waals surface area contributed by atoms with Gasteiger partial charge in [-0.3, -0.25) is 9.59 Å². The Bertz CT molecular complexity index is 872. The number of hydrogen-bond acceptors (Lipinski definition) is 3. The first kappa shape index (κ1) is 20.0. The highest BCUT2D eigenvalue weighted by atomic mass is 35.5. The molecule has 1 heterocycles. The second kappa shape index (κ2) is 8.38. The lowest BCUT2D eigenvalue weighted by molar-refractivity contribution is -0.139. The second-order valence-corrected chi connectivity index (χ2v) is 6.93. The molecule has 2 N–H and O–H groups in total. The molecule has 0 spiro atoms. The lowest BCUT2D eigenvalue weighted by atomic mass is 10.2. The van der Waals surface area contributed by atoms with Crippen LogP contribution in [0.2, 0.25) is 10.0 Å². The molecule has 26 heavy (non-hydrogen) atoms. The van der Waals surface area contributed by atoms with Gasteiger partial charge in [-0.05, 0) is 52.0 Å².